The van der Waals surface area contributed by atoms with Crippen molar-refractivity contribution in [3.8, 4) is 0 Å². The first-order valence-corrected chi connectivity index (χ1v) is 6.29. The van der Waals surface area contributed by atoms with Gasteiger partial charge in [0.05, 0.1) is 0 Å². The van der Waals surface area contributed by atoms with Crippen LogP contribution < -0.4 is 5.73 Å². The summed E-state index contributed by atoms with van der Waals surface area (Å²) >= 11 is 0. The van der Waals surface area contributed by atoms with E-state index in [2.05, 4.69) is 20.8 Å². The van der Waals surface area contributed by atoms with E-state index in [9.17, 15) is 8.78 Å². The van der Waals surface area contributed by atoms with Crippen molar-refractivity contribution in [3.63, 3.8) is 0 Å². The zero-order valence-corrected chi connectivity index (χ0v) is 11.9. The van der Waals surface area contributed by atoms with Crippen molar-refractivity contribution in [1.82, 2.24) is 0 Å². The largest absolute Gasteiger partial charge is 0.330 e. The van der Waals surface area contributed by atoms with Crippen molar-refractivity contribution < 1.29 is 8.78 Å². The third kappa shape index (κ3) is 3.08. The highest BCUT2D eigenvalue weighted by atomic mass is 19.3. The maximum Gasteiger partial charge on any atom is 0.274 e. The van der Waals surface area contributed by atoms with Gasteiger partial charge in [-0.1, -0.05) is 32.9 Å². The van der Waals surface area contributed by atoms with Crippen LogP contribution in [0, 0.1) is 13.8 Å². The second kappa shape index (κ2) is 4.96. The molecule has 0 radical (unpaired) electrons. The zero-order valence-electron chi connectivity index (χ0n) is 11.9. The Balaban J connectivity index is 3.33. The lowest BCUT2D eigenvalue weighted by molar-refractivity contribution is -0.0119. The summed E-state index contributed by atoms with van der Waals surface area (Å²) in [5.41, 5.74) is 7.77. The second-order valence-electron chi connectivity index (χ2n) is 5.98. The standard InChI is InChI=1S/C15H23F2N/c1-10-8-12(14(3,4)5)9-11(2)13(10)15(16,17)6-7-18/h8-9H,6-7,18H2,1-5H3. The summed E-state index contributed by atoms with van der Waals surface area (Å²) in [5, 5.41) is 0. The number of hydrogen-bond donors (Lipinski definition) is 1. The molecule has 0 aliphatic rings. The van der Waals surface area contributed by atoms with Gasteiger partial charge in [0.15, 0.2) is 0 Å². The Morgan fingerprint density at radius 1 is 1.06 bits per heavy atom. The molecule has 0 fully saturated rings. The van der Waals surface area contributed by atoms with Gasteiger partial charge in [0.1, 0.15) is 0 Å². The lowest BCUT2D eigenvalue weighted by atomic mass is 9.82. The molecule has 18 heavy (non-hydrogen) atoms. The van der Waals surface area contributed by atoms with Crippen molar-refractivity contribution in [2.45, 2.75) is 52.4 Å². The smallest absolute Gasteiger partial charge is 0.274 e. The van der Waals surface area contributed by atoms with Gasteiger partial charge in [-0.15, -0.1) is 0 Å². The normalized spacial score (nSPS) is 12.9. The van der Waals surface area contributed by atoms with Crippen LogP contribution in [0.25, 0.3) is 0 Å². The number of rotatable bonds is 3. The molecular formula is C15H23F2N. The summed E-state index contributed by atoms with van der Waals surface area (Å²) in [7, 11) is 0. The quantitative estimate of drug-likeness (QED) is 0.866. The van der Waals surface area contributed by atoms with Crippen LogP contribution in [0.4, 0.5) is 8.78 Å². The van der Waals surface area contributed by atoms with Gasteiger partial charge in [-0.2, -0.15) is 0 Å². The molecule has 2 N–H and O–H groups in total. The summed E-state index contributed by atoms with van der Waals surface area (Å²) in [4.78, 5) is 0. The van der Waals surface area contributed by atoms with Gasteiger partial charge < -0.3 is 5.73 Å². The van der Waals surface area contributed by atoms with Crippen molar-refractivity contribution in [3.05, 3.63) is 34.4 Å². The molecule has 1 rings (SSSR count). The molecule has 1 aromatic carbocycles. The first-order chi connectivity index (χ1) is 8.09. The first-order valence-electron chi connectivity index (χ1n) is 6.29. The van der Waals surface area contributed by atoms with Crippen LogP contribution in [-0.4, -0.2) is 6.54 Å². The van der Waals surface area contributed by atoms with E-state index in [1.54, 1.807) is 13.8 Å². The van der Waals surface area contributed by atoms with Crippen molar-refractivity contribution in [2.24, 2.45) is 5.73 Å². The first kappa shape index (κ1) is 15.1. The Bertz CT molecular complexity index is 408. The van der Waals surface area contributed by atoms with Crippen molar-refractivity contribution in [2.75, 3.05) is 6.54 Å². The highest BCUT2D eigenvalue weighted by molar-refractivity contribution is 5.42. The van der Waals surface area contributed by atoms with Crippen LogP contribution in [0.5, 0.6) is 0 Å². The number of nitrogens with two attached hydrogens (primary N) is 1. The minimum absolute atomic E-state index is 0.00704. The zero-order chi connectivity index (χ0) is 14.1. The van der Waals surface area contributed by atoms with Crippen LogP contribution >= 0.6 is 0 Å². The average molecular weight is 255 g/mol. The van der Waals surface area contributed by atoms with Gasteiger partial charge in [-0.3, -0.25) is 0 Å². The molecule has 0 saturated carbocycles. The topological polar surface area (TPSA) is 26.0 Å². The third-order valence-corrected chi connectivity index (χ3v) is 3.22. The summed E-state index contributed by atoms with van der Waals surface area (Å²) < 4.78 is 28.1. The van der Waals surface area contributed by atoms with E-state index in [0.29, 0.717) is 11.1 Å². The average Bonchev–Trinajstić information content (AvgIpc) is 2.13. The summed E-state index contributed by atoms with van der Waals surface area (Å²) in [6.07, 6.45) is -0.302. The Morgan fingerprint density at radius 2 is 1.50 bits per heavy atom. The highest BCUT2D eigenvalue weighted by Gasteiger charge is 2.34. The van der Waals surface area contributed by atoms with Crippen LogP contribution in [0.1, 0.15) is 49.4 Å². The van der Waals surface area contributed by atoms with Crippen LogP contribution in [0.15, 0.2) is 12.1 Å². The molecule has 0 atom stereocenters. The molecule has 0 bridgehead atoms. The van der Waals surface area contributed by atoms with E-state index in [1.165, 1.54) is 0 Å². The van der Waals surface area contributed by atoms with Crippen molar-refractivity contribution in [1.29, 1.82) is 0 Å². The Morgan fingerprint density at radius 3 is 1.83 bits per heavy atom. The van der Waals surface area contributed by atoms with Crippen molar-refractivity contribution >= 4 is 0 Å². The molecule has 0 saturated heterocycles. The lowest BCUT2D eigenvalue weighted by Gasteiger charge is -2.25. The fourth-order valence-corrected chi connectivity index (χ4v) is 2.28. The van der Waals surface area contributed by atoms with Gasteiger partial charge in [0.25, 0.3) is 5.92 Å². The van der Waals surface area contributed by atoms with E-state index >= 15 is 0 Å². The third-order valence-electron chi connectivity index (χ3n) is 3.22. The molecule has 0 unspecified atom stereocenters. The van der Waals surface area contributed by atoms with E-state index in [1.807, 2.05) is 12.1 Å². The van der Waals surface area contributed by atoms with E-state index in [0.717, 1.165) is 5.56 Å². The van der Waals surface area contributed by atoms with E-state index in [-0.39, 0.29) is 23.9 Å². The minimum atomic E-state index is -2.83. The second-order valence-corrected chi connectivity index (χ2v) is 5.98. The highest BCUT2D eigenvalue weighted by Crippen LogP contribution is 2.37. The van der Waals surface area contributed by atoms with Gasteiger partial charge in [0.2, 0.25) is 0 Å². The van der Waals surface area contributed by atoms with Gasteiger partial charge in [-0.25, -0.2) is 8.78 Å². The molecule has 3 heteroatoms. The monoisotopic (exact) mass is 255 g/mol. The predicted octanol–water partition coefficient (Wildman–Crippen LogP) is 4.04. The number of aryl methyl sites for hydroxylation is 2. The molecule has 0 amide bonds. The molecule has 0 spiro atoms. The molecule has 0 aromatic heterocycles. The van der Waals surface area contributed by atoms with Crippen LogP contribution in [0.3, 0.4) is 0 Å². The Labute approximate surface area is 108 Å². The molecule has 1 nitrogen and oxygen atoms in total. The summed E-state index contributed by atoms with van der Waals surface area (Å²) in [5.74, 6) is -2.83. The number of alkyl halides is 2. The number of halogens is 2. The molecule has 0 aliphatic heterocycles. The fraction of sp³-hybridized carbons (Fsp3) is 0.600. The predicted molar refractivity (Wildman–Crippen MR) is 72.2 cm³/mol. The SMILES string of the molecule is Cc1cc(C(C)(C)C)cc(C)c1C(F)(F)CCN. The minimum Gasteiger partial charge on any atom is -0.330 e. The number of benzene rings is 1. The fourth-order valence-electron chi connectivity index (χ4n) is 2.28. The Hall–Kier alpha value is -0.960. The Kier molecular flexibility index (Phi) is 4.16. The maximum absolute atomic E-state index is 14.0. The van der Waals surface area contributed by atoms with E-state index < -0.39 is 5.92 Å². The summed E-state index contributed by atoms with van der Waals surface area (Å²) in [6.45, 7) is 9.74. The molecule has 102 valence electrons. The van der Waals surface area contributed by atoms with Crippen LogP contribution in [-0.2, 0) is 11.3 Å². The molecule has 1 aromatic rings. The molecule has 0 aliphatic carbocycles. The molecule has 0 heterocycles. The lowest BCUT2D eigenvalue weighted by Crippen LogP contribution is -2.22. The van der Waals surface area contributed by atoms with Gasteiger partial charge in [0, 0.05) is 12.0 Å². The van der Waals surface area contributed by atoms with Crippen LogP contribution in [0.2, 0.25) is 0 Å². The maximum atomic E-state index is 14.0. The van der Waals surface area contributed by atoms with Gasteiger partial charge >= 0.3 is 0 Å². The summed E-state index contributed by atoms with van der Waals surface area (Å²) in [6, 6.07) is 3.74. The number of hydrogen-bond acceptors (Lipinski definition) is 1. The van der Waals surface area contributed by atoms with E-state index in [4.69, 9.17) is 5.73 Å². The molecular weight excluding hydrogens is 232 g/mol. The van der Waals surface area contributed by atoms with Gasteiger partial charge in [-0.05, 0) is 42.5 Å².